The second-order valence-corrected chi connectivity index (χ2v) is 4.61. The van der Waals surface area contributed by atoms with Gasteiger partial charge in [-0.25, -0.2) is 4.39 Å². The van der Waals surface area contributed by atoms with Crippen LogP contribution in [0.4, 0.5) is 4.39 Å². The number of hydrogen-bond acceptors (Lipinski definition) is 3. The van der Waals surface area contributed by atoms with Gasteiger partial charge in [-0.3, -0.25) is 14.5 Å². The Kier molecular flexibility index (Phi) is 8.57. The third-order valence-corrected chi connectivity index (χ3v) is 3.13. The summed E-state index contributed by atoms with van der Waals surface area (Å²) in [6.45, 7) is 2.07. The first-order valence-corrected chi connectivity index (χ1v) is 6.35. The van der Waals surface area contributed by atoms with E-state index in [1.807, 2.05) is 0 Å². The predicted molar refractivity (Wildman–Crippen MR) is 79.8 cm³/mol. The van der Waals surface area contributed by atoms with Crippen LogP contribution in [0.15, 0.2) is 24.3 Å². The van der Waals surface area contributed by atoms with E-state index in [4.69, 9.17) is 5.11 Å². The lowest BCUT2D eigenvalue weighted by Crippen LogP contribution is -2.43. The van der Waals surface area contributed by atoms with Crippen LogP contribution in [0.2, 0.25) is 0 Å². The van der Waals surface area contributed by atoms with Crippen LogP contribution in [0, 0.1) is 5.82 Å². The standard InChI is InChI=1S/C14H19FN2O3.ClH/c1-10(17(2)8-7-13(18)19)14(20)16-9-11-5-3-4-6-12(11)15;/h3-6,10H,7-9H2,1-2H3,(H,16,20)(H,18,19);1H. The molecule has 5 nitrogen and oxygen atoms in total. The van der Waals surface area contributed by atoms with Crippen molar-refractivity contribution < 1.29 is 19.1 Å². The zero-order valence-corrected chi connectivity index (χ0v) is 12.8. The van der Waals surface area contributed by atoms with Gasteiger partial charge in [-0.2, -0.15) is 0 Å². The molecule has 0 saturated carbocycles. The topological polar surface area (TPSA) is 69.6 Å². The summed E-state index contributed by atoms with van der Waals surface area (Å²) in [5.41, 5.74) is 0.418. The van der Waals surface area contributed by atoms with Crippen LogP contribution >= 0.6 is 12.4 Å². The molecule has 1 amide bonds. The van der Waals surface area contributed by atoms with Crippen LogP contribution in [0.3, 0.4) is 0 Å². The maximum Gasteiger partial charge on any atom is 0.304 e. The number of benzene rings is 1. The number of hydrogen-bond donors (Lipinski definition) is 2. The Bertz CT molecular complexity index is 485. The molecule has 1 rings (SSSR count). The normalized spacial score (nSPS) is 11.6. The van der Waals surface area contributed by atoms with E-state index in [1.54, 1.807) is 37.1 Å². The van der Waals surface area contributed by atoms with E-state index in [1.165, 1.54) is 6.07 Å². The van der Waals surface area contributed by atoms with Crippen LogP contribution in [-0.4, -0.2) is 41.5 Å². The van der Waals surface area contributed by atoms with Crippen molar-refractivity contribution in [1.29, 1.82) is 0 Å². The van der Waals surface area contributed by atoms with Crippen LogP contribution in [0.25, 0.3) is 0 Å². The smallest absolute Gasteiger partial charge is 0.304 e. The molecular formula is C14H20ClFN2O3. The summed E-state index contributed by atoms with van der Waals surface area (Å²) >= 11 is 0. The first kappa shape index (κ1) is 19.3. The number of halogens is 2. The van der Waals surface area contributed by atoms with Crippen molar-refractivity contribution in [1.82, 2.24) is 10.2 Å². The highest BCUT2D eigenvalue weighted by Gasteiger charge is 2.18. The van der Waals surface area contributed by atoms with E-state index < -0.39 is 12.0 Å². The Balaban J connectivity index is 0.00000400. The Labute approximate surface area is 129 Å². The van der Waals surface area contributed by atoms with Crippen molar-refractivity contribution >= 4 is 24.3 Å². The fourth-order valence-corrected chi connectivity index (χ4v) is 1.64. The molecule has 0 spiro atoms. The number of likely N-dealkylation sites (N-methyl/N-ethyl adjacent to an activating group) is 1. The number of amides is 1. The minimum Gasteiger partial charge on any atom is -0.481 e. The fraction of sp³-hybridized carbons (Fsp3) is 0.429. The molecule has 2 N–H and O–H groups in total. The molecule has 0 aliphatic rings. The Hall–Kier alpha value is -1.66. The van der Waals surface area contributed by atoms with Crippen molar-refractivity contribution in [3.05, 3.63) is 35.6 Å². The number of nitrogens with zero attached hydrogens (tertiary/aromatic N) is 1. The summed E-state index contributed by atoms with van der Waals surface area (Å²) in [6.07, 6.45) is -0.0264. The van der Waals surface area contributed by atoms with Gasteiger partial charge in [0.15, 0.2) is 0 Å². The number of carboxylic acid groups (broad SMARTS) is 1. The van der Waals surface area contributed by atoms with Gasteiger partial charge in [0.05, 0.1) is 12.5 Å². The number of nitrogens with one attached hydrogen (secondary N) is 1. The highest BCUT2D eigenvalue weighted by molar-refractivity contribution is 5.85. The van der Waals surface area contributed by atoms with Gasteiger partial charge < -0.3 is 10.4 Å². The van der Waals surface area contributed by atoms with Gasteiger partial charge in [0.25, 0.3) is 0 Å². The maximum absolute atomic E-state index is 13.4. The van der Waals surface area contributed by atoms with E-state index >= 15 is 0 Å². The van der Waals surface area contributed by atoms with Crippen LogP contribution in [0.5, 0.6) is 0 Å². The first-order valence-electron chi connectivity index (χ1n) is 6.35. The van der Waals surface area contributed by atoms with Crippen LogP contribution in [0.1, 0.15) is 18.9 Å². The zero-order chi connectivity index (χ0) is 15.1. The SMILES string of the molecule is CC(C(=O)NCc1ccccc1F)N(C)CCC(=O)O.Cl. The third-order valence-electron chi connectivity index (χ3n) is 3.13. The highest BCUT2D eigenvalue weighted by Crippen LogP contribution is 2.06. The van der Waals surface area contributed by atoms with Gasteiger partial charge in [-0.15, -0.1) is 12.4 Å². The lowest BCUT2D eigenvalue weighted by Gasteiger charge is -2.23. The first-order chi connectivity index (χ1) is 9.41. The minimum absolute atomic E-state index is 0. The number of aliphatic carboxylic acids is 1. The maximum atomic E-state index is 13.4. The number of carboxylic acids is 1. The Morgan fingerprint density at radius 1 is 1.38 bits per heavy atom. The summed E-state index contributed by atoms with van der Waals surface area (Å²) in [5, 5.41) is 11.2. The molecule has 0 aliphatic heterocycles. The molecule has 118 valence electrons. The van der Waals surface area contributed by atoms with Crippen molar-refractivity contribution in [2.45, 2.75) is 25.9 Å². The lowest BCUT2D eigenvalue weighted by atomic mass is 10.2. The molecule has 1 aromatic rings. The Morgan fingerprint density at radius 3 is 2.57 bits per heavy atom. The molecule has 0 heterocycles. The summed E-state index contributed by atoms with van der Waals surface area (Å²) < 4.78 is 13.4. The van der Waals surface area contributed by atoms with E-state index in [2.05, 4.69) is 5.32 Å². The summed E-state index contributed by atoms with van der Waals surface area (Å²) in [4.78, 5) is 24.0. The molecule has 0 aliphatic carbocycles. The molecule has 0 saturated heterocycles. The van der Waals surface area contributed by atoms with Crippen LogP contribution < -0.4 is 5.32 Å². The summed E-state index contributed by atoms with van der Waals surface area (Å²) in [7, 11) is 1.68. The number of rotatable bonds is 7. The van der Waals surface area contributed by atoms with Gasteiger partial charge in [0.1, 0.15) is 5.82 Å². The molecule has 0 aromatic heterocycles. The number of carbonyl (C=O) groups is 2. The molecule has 1 unspecified atom stereocenters. The quantitative estimate of drug-likeness (QED) is 0.802. The van der Waals surface area contributed by atoms with Crippen molar-refractivity contribution in [3.63, 3.8) is 0 Å². The largest absolute Gasteiger partial charge is 0.481 e. The molecule has 1 aromatic carbocycles. The van der Waals surface area contributed by atoms with Gasteiger partial charge in [-0.05, 0) is 20.0 Å². The van der Waals surface area contributed by atoms with E-state index in [0.29, 0.717) is 5.56 Å². The van der Waals surface area contributed by atoms with Gasteiger partial charge >= 0.3 is 5.97 Å². The average Bonchev–Trinajstić information content (AvgIpc) is 2.42. The van der Waals surface area contributed by atoms with Crippen molar-refractivity contribution in [3.8, 4) is 0 Å². The van der Waals surface area contributed by atoms with Gasteiger partial charge in [-0.1, -0.05) is 18.2 Å². The van der Waals surface area contributed by atoms with Gasteiger partial charge in [0.2, 0.25) is 5.91 Å². The van der Waals surface area contributed by atoms with Crippen LogP contribution in [-0.2, 0) is 16.1 Å². The Morgan fingerprint density at radius 2 is 2.00 bits per heavy atom. The van der Waals surface area contributed by atoms with E-state index in [-0.39, 0.29) is 43.6 Å². The molecule has 1 atom stereocenters. The predicted octanol–water partition coefficient (Wildman–Crippen LogP) is 1.66. The molecular weight excluding hydrogens is 299 g/mol. The monoisotopic (exact) mass is 318 g/mol. The van der Waals surface area contributed by atoms with E-state index in [0.717, 1.165) is 0 Å². The average molecular weight is 319 g/mol. The van der Waals surface area contributed by atoms with Crippen molar-refractivity contribution in [2.75, 3.05) is 13.6 Å². The second-order valence-electron chi connectivity index (χ2n) is 4.61. The van der Waals surface area contributed by atoms with E-state index in [9.17, 15) is 14.0 Å². The van der Waals surface area contributed by atoms with Crippen molar-refractivity contribution in [2.24, 2.45) is 0 Å². The second kappa shape index (κ2) is 9.31. The summed E-state index contributed by atoms with van der Waals surface area (Å²) in [6, 6.07) is 5.76. The zero-order valence-electron chi connectivity index (χ0n) is 12.0. The third kappa shape index (κ3) is 6.55. The minimum atomic E-state index is -0.907. The highest BCUT2D eigenvalue weighted by atomic mass is 35.5. The lowest BCUT2D eigenvalue weighted by molar-refractivity contribution is -0.138. The molecule has 0 radical (unpaired) electrons. The molecule has 0 fully saturated rings. The fourth-order valence-electron chi connectivity index (χ4n) is 1.64. The van der Waals surface area contributed by atoms with Gasteiger partial charge in [0, 0.05) is 18.7 Å². The molecule has 7 heteroatoms. The number of carbonyl (C=O) groups excluding carboxylic acids is 1. The molecule has 0 bridgehead atoms. The summed E-state index contributed by atoms with van der Waals surface area (Å²) in [5.74, 6) is -1.53. The molecule has 21 heavy (non-hydrogen) atoms.